The lowest BCUT2D eigenvalue weighted by atomic mass is 9.92. The van der Waals surface area contributed by atoms with E-state index in [9.17, 15) is 17.6 Å². The van der Waals surface area contributed by atoms with Crippen LogP contribution >= 0.6 is 0 Å². The van der Waals surface area contributed by atoms with Gasteiger partial charge in [-0.15, -0.1) is 4.09 Å². The minimum absolute atomic E-state index is 0.00561. The van der Waals surface area contributed by atoms with Crippen molar-refractivity contribution < 1.29 is 26.7 Å². The van der Waals surface area contributed by atoms with Crippen molar-refractivity contribution in [1.29, 1.82) is 0 Å². The zero-order chi connectivity index (χ0) is 22.4. The molecule has 0 bridgehead atoms. The first-order valence-electron chi connectivity index (χ1n) is 9.08. The molecule has 0 spiro atoms. The van der Waals surface area contributed by atoms with Crippen LogP contribution in [0.2, 0.25) is 0 Å². The monoisotopic (exact) mass is 437 g/mol. The fourth-order valence-corrected chi connectivity index (χ4v) is 4.13. The molecule has 0 unspecified atom stereocenters. The summed E-state index contributed by atoms with van der Waals surface area (Å²) in [6.45, 7) is 8.44. The van der Waals surface area contributed by atoms with E-state index >= 15 is 4.39 Å². The van der Waals surface area contributed by atoms with Crippen molar-refractivity contribution >= 4 is 27.0 Å². The van der Waals surface area contributed by atoms with Gasteiger partial charge in [0.15, 0.2) is 5.82 Å². The van der Waals surface area contributed by atoms with Crippen LogP contribution in [0.25, 0.3) is 11.0 Å². The molecule has 1 aromatic carbocycles. The zero-order valence-electron chi connectivity index (χ0n) is 17.2. The Morgan fingerprint density at radius 1 is 1.13 bits per heavy atom. The van der Waals surface area contributed by atoms with Gasteiger partial charge < -0.3 is 4.74 Å². The van der Waals surface area contributed by atoms with Gasteiger partial charge in [0, 0.05) is 0 Å². The molecule has 30 heavy (non-hydrogen) atoms. The predicted molar refractivity (Wildman–Crippen MR) is 106 cm³/mol. The van der Waals surface area contributed by atoms with E-state index in [1.54, 1.807) is 39.8 Å². The molecule has 0 radical (unpaired) electrons. The number of carbonyl (C=O) groups excluding carboxylic acids is 1. The summed E-state index contributed by atoms with van der Waals surface area (Å²) in [4.78, 5) is 15.5. The summed E-state index contributed by atoms with van der Waals surface area (Å²) in [6.07, 6.45) is -0.107. The molecule has 3 aromatic rings. The van der Waals surface area contributed by atoms with Gasteiger partial charge in [-0.3, -0.25) is 4.79 Å². The summed E-state index contributed by atoms with van der Waals surface area (Å²) in [7, 11) is -4.31. The minimum Gasteiger partial charge on any atom is -0.418 e. The Balaban J connectivity index is 2.18. The van der Waals surface area contributed by atoms with Crippen LogP contribution in [-0.4, -0.2) is 28.6 Å². The Morgan fingerprint density at radius 2 is 1.73 bits per heavy atom. The molecular formula is C20H21F2N3O4S. The van der Waals surface area contributed by atoms with Crippen LogP contribution in [0.1, 0.15) is 38.4 Å². The summed E-state index contributed by atoms with van der Waals surface area (Å²) < 4.78 is 61.0. The molecule has 0 amide bonds. The molecule has 160 valence electrons. The lowest BCUT2D eigenvalue weighted by Crippen LogP contribution is -2.19. The number of fused-ring (bicyclic) bond motifs is 1. The van der Waals surface area contributed by atoms with E-state index in [1.807, 2.05) is 0 Å². The summed E-state index contributed by atoms with van der Waals surface area (Å²) in [5.74, 6) is -4.66. The summed E-state index contributed by atoms with van der Waals surface area (Å²) in [5.41, 5.74) is -0.511. The number of halogens is 2. The number of aryl methyl sites for hydroxylation is 2. The van der Waals surface area contributed by atoms with Gasteiger partial charge in [-0.25, -0.2) is 9.37 Å². The van der Waals surface area contributed by atoms with Crippen LogP contribution in [0, 0.1) is 31.0 Å². The molecule has 2 heterocycles. The van der Waals surface area contributed by atoms with E-state index in [1.165, 1.54) is 19.1 Å². The van der Waals surface area contributed by atoms with Crippen molar-refractivity contribution in [3.63, 3.8) is 0 Å². The quantitative estimate of drug-likeness (QED) is 0.454. The third kappa shape index (κ3) is 4.04. The number of ether oxygens (including phenoxy) is 1. The molecule has 0 saturated carbocycles. The van der Waals surface area contributed by atoms with Crippen LogP contribution in [0.15, 0.2) is 29.2 Å². The molecule has 0 fully saturated rings. The third-order valence-electron chi connectivity index (χ3n) is 4.24. The lowest BCUT2D eigenvalue weighted by molar-refractivity contribution is -0.136. The molecule has 0 aliphatic rings. The van der Waals surface area contributed by atoms with Gasteiger partial charge in [0.1, 0.15) is 11.0 Å². The second kappa shape index (κ2) is 7.42. The topological polar surface area (TPSA) is 91.2 Å². The van der Waals surface area contributed by atoms with E-state index < -0.39 is 44.4 Å². The van der Waals surface area contributed by atoms with E-state index in [2.05, 4.69) is 10.1 Å². The number of carbonyl (C=O) groups is 1. The van der Waals surface area contributed by atoms with Crippen LogP contribution in [0.4, 0.5) is 8.78 Å². The van der Waals surface area contributed by atoms with Crippen LogP contribution in [0.3, 0.4) is 0 Å². The maximum atomic E-state index is 15.2. The number of esters is 1. The highest BCUT2D eigenvalue weighted by molar-refractivity contribution is 7.90. The van der Waals surface area contributed by atoms with Gasteiger partial charge >= 0.3 is 5.97 Å². The Morgan fingerprint density at radius 3 is 2.30 bits per heavy atom. The largest absolute Gasteiger partial charge is 0.418 e. The number of hydrogen-bond donors (Lipinski definition) is 0. The standard InChI is InChI=1S/C20H21F2N3O4S/c1-11-6-8-13(9-7-11)30(27,28)25-17-15(21)18(29-14(26)10-20(3,4)5)19(22)23-16(17)12(2)24-25/h6-9H,10H2,1-5H3. The van der Waals surface area contributed by atoms with Crippen molar-refractivity contribution in [3.05, 3.63) is 47.3 Å². The Kier molecular flexibility index (Phi) is 5.40. The Labute approximate surface area is 172 Å². The highest BCUT2D eigenvalue weighted by Crippen LogP contribution is 2.32. The molecule has 0 aliphatic heterocycles. The average molecular weight is 437 g/mol. The first-order chi connectivity index (χ1) is 13.8. The van der Waals surface area contributed by atoms with Crippen molar-refractivity contribution in [2.24, 2.45) is 5.41 Å². The second-order valence-electron chi connectivity index (χ2n) is 8.20. The molecular weight excluding hydrogens is 416 g/mol. The Hall–Kier alpha value is -2.88. The van der Waals surface area contributed by atoms with Gasteiger partial charge in [-0.2, -0.15) is 17.9 Å². The van der Waals surface area contributed by atoms with Crippen molar-refractivity contribution in [3.8, 4) is 5.75 Å². The number of hydrogen-bond acceptors (Lipinski definition) is 6. The molecule has 7 nitrogen and oxygen atoms in total. The number of pyridine rings is 1. The molecule has 0 N–H and O–H groups in total. The normalized spacial score (nSPS) is 12.4. The lowest BCUT2D eigenvalue weighted by Gasteiger charge is -2.16. The molecule has 2 aromatic heterocycles. The van der Waals surface area contributed by atoms with E-state index in [0.29, 0.717) is 4.09 Å². The maximum Gasteiger partial charge on any atom is 0.311 e. The first-order valence-corrected chi connectivity index (χ1v) is 10.5. The first kappa shape index (κ1) is 21.8. The predicted octanol–water partition coefficient (Wildman–Crippen LogP) is 3.90. The summed E-state index contributed by atoms with van der Waals surface area (Å²) in [6, 6.07) is 5.87. The number of nitrogens with zero attached hydrogens (tertiary/aromatic N) is 3. The molecule has 3 rings (SSSR count). The van der Waals surface area contributed by atoms with Gasteiger partial charge in [0.05, 0.1) is 17.0 Å². The van der Waals surface area contributed by atoms with Gasteiger partial charge in [0.2, 0.25) is 5.75 Å². The van der Waals surface area contributed by atoms with Crippen LogP contribution in [-0.2, 0) is 14.8 Å². The third-order valence-corrected chi connectivity index (χ3v) is 5.83. The van der Waals surface area contributed by atoms with Crippen LogP contribution in [0.5, 0.6) is 5.75 Å². The molecule has 10 heteroatoms. The van der Waals surface area contributed by atoms with Gasteiger partial charge in [0.25, 0.3) is 16.0 Å². The highest BCUT2D eigenvalue weighted by Gasteiger charge is 2.30. The fourth-order valence-electron chi connectivity index (χ4n) is 2.82. The van der Waals surface area contributed by atoms with Crippen molar-refractivity contribution in [2.45, 2.75) is 45.9 Å². The summed E-state index contributed by atoms with van der Waals surface area (Å²) >= 11 is 0. The van der Waals surface area contributed by atoms with Gasteiger partial charge in [-0.05, 0) is 31.4 Å². The SMILES string of the molecule is Cc1ccc(S(=O)(=O)n2nc(C)c3nc(F)c(OC(=O)CC(C)(C)C)c(F)c32)cc1. The highest BCUT2D eigenvalue weighted by atomic mass is 32.2. The molecule has 0 atom stereocenters. The smallest absolute Gasteiger partial charge is 0.311 e. The van der Waals surface area contributed by atoms with E-state index in [4.69, 9.17) is 4.74 Å². The second-order valence-corrected chi connectivity index (χ2v) is 9.97. The fraction of sp³-hybridized carbons (Fsp3) is 0.350. The van der Waals surface area contributed by atoms with Crippen LogP contribution < -0.4 is 4.74 Å². The Bertz CT molecular complexity index is 1240. The minimum atomic E-state index is -4.31. The average Bonchev–Trinajstić information content (AvgIpc) is 2.95. The number of benzene rings is 1. The maximum absolute atomic E-state index is 15.2. The van der Waals surface area contributed by atoms with Crippen molar-refractivity contribution in [1.82, 2.24) is 14.2 Å². The zero-order valence-corrected chi connectivity index (χ0v) is 18.0. The molecule has 0 saturated heterocycles. The number of aromatic nitrogens is 3. The summed E-state index contributed by atoms with van der Waals surface area (Å²) in [5, 5.41) is 3.86. The van der Waals surface area contributed by atoms with E-state index in [-0.39, 0.29) is 22.5 Å². The van der Waals surface area contributed by atoms with Gasteiger partial charge in [-0.1, -0.05) is 38.5 Å². The van der Waals surface area contributed by atoms with Crippen molar-refractivity contribution in [2.75, 3.05) is 0 Å². The number of rotatable bonds is 4. The van der Waals surface area contributed by atoms with E-state index in [0.717, 1.165) is 5.56 Å². The molecule has 0 aliphatic carbocycles.